The number of hydrogen-bond acceptors (Lipinski definition) is 2. The van der Waals surface area contributed by atoms with E-state index >= 15 is 0 Å². The minimum Gasteiger partial charge on any atom is -0.476 e. The molecule has 1 atom stereocenters. The molecule has 0 radical (unpaired) electrons. The van der Waals surface area contributed by atoms with Crippen LogP contribution in [0.4, 0.5) is 0 Å². The Bertz CT molecular complexity index is 578. The highest BCUT2D eigenvalue weighted by molar-refractivity contribution is 5.27. The van der Waals surface area contributed by atoms with Gasteiger partial charge in [-0.05, 0) is 38.0 Å². The van der Waals surface area contributed by atoms with Gasteiger partial charge in [-0.2, -0.15) is 5.26 Å². The Hall–Kier alpha value is -2.27. The van der Waals surface area contributed by atoms with Gasteiger partial charge in [-0.1, -0.05) is 47.5 Å². The fourth-order valence-electron chi connectivity index (χ4n) is 1.98. The first-order valence-electron chi connectivity index (χ1n) is 6.86. The molecule has 0 aromatic heterocycles. The monoisotopic (exact) mass is 265 g/mol. The number of aryl methyl sites for hydroxylation is 3. The summed E-state index contributed by atoms with van der Waals surface area (Å²) in [7, 11) is 0. The molecule has 1 unspecified atom stereocenters. The van der Waals surface area contributed by atoms with E-state index < -0.39 is 6.10 Å². The molecule has 0 saturated heterocycles. The summed E-state index contributed by atoms with van der Waals surface area (Å²) in [6.07, 6.45) is 1.15. The van der Waals surface area contributed by atoms with Crippen LogP contribution < -0.4 is 4.74 Å². The van der Waals surface area contributed by atoms with Crippen molar-refractivity contribution in [2.24, 2.45) is 0 Å². The van der Waals surface area contributed by atoms with Gasteiger partial charge in [-0.25, -0.2) is 0 Å². The first-order chi connectivity index (χ1) is 9.67. The molecule has 20 heavy (non-hydrogen) atoms. The molecule has 2 heteroatoms. The van der Waals surface area contributed by atoms with E-state index in [1.165, 1.54) is 16.7 Å². The van der Waals surface area contributed by atoms with Crippen LogP contribution >= 0.6 is 0 Å². The summed E-state index contributed by atoms with van der Waals surface area (Å²) in [5.74, 6) is 0.756. The van der Waals surface area contributed by atoms with Crippen LogP contribution in [0.25, 0.3) is 0 Å². The molecule has 2 rings (SSSR count). The highest BCUT2D eigenvalue weighted by Crippen LogP contribution is 2.16. The molecule has 0 amide bonds. The van der Waals surface area contributed by atoms with Gasteiger partial charge in [-0.15, -0.1) is 0 Å². The highest BCUT2D eigenvalue weighted by atomic mass is 16.5. The molecule has 0 heterocycles. The minimum absolute atomic E-state index is 0.404. The summed E-state index contributed by atoms with van der Waals surface area (Å²) in [5.41, 5.74) is 3.68. The first kappa shape index (κ1) is 14.1. The lowest BCUT2D eigenvalue weighted by atomic mass is 10.1. The van der Waals surface area contributed by atoms with Gasteiger partial charge in [0.15, 0.2) is 6.10 Å². The van der Waals surface area contributed by atoms with Gasteiger partial charge in [0.1, 0.15) is 11.8 Å². The third-order valence-electron chi connectivity index (χ3n) is 3.26. The maximum Gasteiger partial charge on any atom is 0.184 e. The third-order valence-corrected chi connectivity index (χ3v) is 3.26. The Morgan fingerprint density at radius 2 is 1.50 bits per heavy atom. The van der Waals surface area contributed by atoms with Crippen LogP contribution in [0, 0.1) is 25.2 Å². The van der Waals surface area contributed by atoms with Crippen molar-refractivity contribution in [3.8, 4) is 11.8 Å². The van der Waals surface area contributed by atoms with E-state index in [0.717, 1.165) is 12.2 Å². The Kier molecular flexibility index (Phi) is 4.79. The zero-order chi connectivity index (χ0) is 14.4. The van der Waals surface area contributed by atoms with E-state index in [2.05, 4.69) is 37.3 Å². The van der Waals surface area contributed by atoms with Gasteiger partial charge in [0.2, 0.25) is 0 Å². The van der Waals surface area contributed by atoms with E-state index in [-0.39, 0.29) is 0 Å². The number of rotatable bonds is 5. The van der Waals surface area contributed by atoms with Gasteiger partial charge in [0.05, 0.1) is 0 Å². The number of benzene rings is 2. The molecule has 0 N–H and O–H groups in total. The molecular weight excluding hydrogens is 246 g/mol. The second kappa shape index (κ2) is 6.77. The van der Waals surface area contributed by atoms with Crippen LogP contribution in [-0.2, 0) is 6.42 Å². The summed E-state index contributed by atoms with van der Waals surface area (Å²) in [6, 6.07) is 18.4. The maximum atomic E-state index is 9.19. The van der Waals surface area contributed by atoms with Crippen molar-refractivity contribution in [1.82, 2.24) is 0 Å². The van der Waals surface area contributed by atoms with Crippen molar-refractivity contribution >= 4 is 0 Å². The molecule has 2 nitrogen and oxygen atoms in total. The second-order valence-corrected chi connectivity index (χ2v) is 5.07. The molecular formula is C18H19NO. The van der Waals surface area contributed by atoms with Crippen LogP contribution in [-0.4, -0.2) is 6.10 Å². The first-order valence-corrected chi connectivity index (χ1v) is 6.86. The Morgan fingerprint density at radius 3 is 2.05 bits per heavy atom. The number of hydrogen-bond donors (Lipinski definition) is 0. The van der Waals surface area contributed by atoms with Crippen LogP contribution in [0.1, 0.15) is 23.1 Å². The third kappa shape index (κ3) is 4.13. The van der Waals surface area contributed by atoms with Crippen molar-refractivity contribution < 1.29 is 4.74 Å². The summed E-state index contributed by atoms with van der Waals surface area (Å²) in [4.78, 5) is 0. The van der Waals surface area contributed by atoms with Gasteiger partial charge in [0, 0.05) is 6.42 Å². The molecule has 2 aromatic rings. The van der Waals surface area contributed by atoms with Crippen LogP contribution in [0.3, 0.4) is 0 Å². The summed E-state index contributed by atoms with van der Waals surface area (Å²) in [5, 5.41) is 9.19. The van der Waals surface area contributed by atoms with Crippen LogP contribution in [0.2, 0.25) is 0 Å². The van der Waals surface area contributed by atoms with E-state index in [4.69, 9.17) is 4.74 Å². The van der Waals surface area contributed by atoms with Crippen molar-refractivity contribution in [2.75, 3.05) is 0 Å². The van der Waals surface area contributed by atoms with Crippen molar-refractivity contribution in [3.05, 3.63) is 65.2 Å². The lowest BCUT2D eigenvalue weighted by Crippen LogP contribution is -2.15. The lowest BCUT2D eigenvalue weighted by Gasteiger charge is -2.12. The number of nitrogens with zero attached hydrogens (tertiary/aromatic N) is 1. The van der Waals surface area contributed by atoms with E-state index in [1.54, 1.807) is 0 Å². The fraction of sp³-hybridized carbons (Fsp3) is 0.278. The maximum absolute atomic E-state index is 9.19. The smallest absolute Gasteiger partial charge is 0.184 e. The van der Waals surface area contributed by atoms with Gasteiger partial charge in [0.25, 0.3) is 0 Å². The average Bonchev–Trinajstić information content (AvgIpc) is 2.47. The SMILES string of the molecule is Cc1ccc(CCC(C#N)Oc2ccc(C)cc2)cc1. The van der Waals surface area contributed by atoms with Crippen LogP contribution in [0.15, 0.2) is 48.5 Å². The summed E-state index contributed by atoms with van der Waals surface area (Å²) in [6.45, 7) is 4.10. The molecule has 0 fully saturated rings. The average molecular weight is 265 g/mol. The van der Waals surface area contributed by atoms with Gasteiger partial charge < -0.3 is 4.74 Å². The normalized spacial score (nSPS) is 11.7. The molecule has 0 saturated carbocycles. The molecule has 0 aliphatic carbocycles. The van der Waals surface area contributed by atoms with Crippen molar-refractivity contribution in [2.45, 2.75) is 32.8 Å². The molecule has 0 aliphatic heterocycles. The van der Waals surface area contributed by atoms with E-state index in [9.17, 15) is 5.26 Å². The van der Waals surface area contributed by atoms with E-state index in [0.29, 0.717) is 6.42 Å². The Labute approximate surface area is 120 Å². The van der Waals surface area contributed by atoms with Crippen LogP contribution in [0.5, 0.6) is 5.75 Å². The predicted octanol–water partition coefficient (Wildman–Crippen LogP) is 4.21. The zero-order valence-corrected chi connectivity index (χ0v) is 12.0. The number of ether oxygens (including phenoxy) is 1. The Balaban J connectivity index is 1.91. The predicted molar refractivity (Wildman–Crippen MR) is 80.7 cm³/mol. The standard InChI is InChI=1S/C18H19NO/c1-14-3-7-16(8-4-14)9-12-18(13-19)20-17-10-5-15(2)6-11-17/h3-8,10-11,18H,9,12H2,1-2H3. The second-order valence-electron chi connectivity index (χ2n) is 5.07. The molecule has 0 spiro atoms. The topological polar surface area (TPSA) is 33.0 Å². The summed E-state index contributed by atoms with van der Waals surface area (Å²) >= 11 is 0. The number of nitriles is 1. The molecule has 102 valence electrons. The lowest BCUT2D eigenvalue weighted by molar-refractivity contribution is 0.245. The van der Waals surface area contributed by atoms with E-state index in [1.807, 2.05) is 31.2 Å². The minimum atomic E-state index is -0.404. The van der Waals surface area contributed by atoms with Crippen molar-refractivity contribution in [1.29, 1.82) is 5.26 Å². The van der Waals surface area contributed by atoms with Gasteiger partial charge in [-0.3, -0.25) is 0 Å². The summed E-state index contributed by atoms with van der Waals surface area (Å²) < 4.78 is 5.70. The van der Waals surface area contributed by atoms with Crippen molar-refractivity contribution in [3.63, 3.8) is 0 Å². The molecule has 2 aromatic carbocycles. The highest BCUT2D eigenvalue weighted by Gasteiger charge is 2.09. The quantitative estimate of drug-likeness (QED) is 0.811. The molecule has 0 bridgehead atoms. The zero-order valence-electron chi connectivity index (χ0n) is 12.0. The Morgan fingerprint density at radius 1 is 0.950 bits per heavy atom. The molecule has 0 aliphatic rings. The fourth-order valence-corrected chi connectivity index (χ4v) is 1.98. The largest absolute Gasteiger partial charge is 0.476 e. The van der Waals surface area contributed by atoms with Gasteiger partial charge >= 0.3 is 0 Å².